The summed E-state index contributed by atoms with van der Waals surface area (Å²) in [5.74, 6) is 1.30. The van der Waals surface area contributed by atoms with Gasteiger partial charge in [0.1, 0.15) is 18.7 Å². The van der Waals surface area contributed by atoms with E-state index >= 15 is 0 Å². The van der Waals surface area contributed by atoms with E-state index in [4.69, 9.17) is 4.74 Å². The molecule has 0 radical (unpaired) electrons. The van der Waals surface area contributed by atoms with Gasteiger partial charge in [-0.1, -0.05) is 30.3 Å². The Balaban J connectivity index is 1.56. The van der Waals surface area contributed by atoms with Crippen molar-refractivity contribution in [1.29, 1.82) is 0 Å². The van der Waals surface area contributed by atoms with Crippen molar-refractivity contribution in [2.75, 3.05) is 11.9 Å². The lowest BCUT2D eigenvalue weighted by molar-refractivity contribution is -0.121. The maximum absolute atomic E-state index is 12.8. The number of hydrogen-bond acceptors (Lipinski definition) is 4. The SMILES string of the molecule is Cn1cnnc1-c1ccccc1NC(=O)[C@@H]1COc2ccccc2C1. The van der Waals surface area contributed by atoms with Gasteiger partial charge in [-0.05, 0) is 30.2 Å². The van der Waals surface area contributed by atoms with Crippen LogP contribution < -0.4 is 10.1 Å². The zero-order valence-electron chi connectivity index (χ0n) is 13.8. The van der Waals surface area contributed by atoms with Gasteiger partial charge in [-0.15, -0.1) is 10.2 Å². The molecule has 6 nitrogen and oxygen atoms in total. The quantitative estimate of drug-likeness (QED) is 0.799. The smallest absolute Gasteiger partial charge is 0.231 e. The fourth-order valence-electron chi connectivity index (χ4n) is 3.05. The van der Waals surface area contributed by atoms with Crippen molar-refractivity contribution in [2.24, 2.45) is 13.0 Å². The molecule has 0 fully saturated rings. The topological polar surface area (TPSA) is 69.0 Å². The van der Waals surface area contributed by atoms with Crippen LogP contribution in [0.1, 0.15) is 5.56 Å². The van der Waals surface area contributed by atoms with Gasteiger partial charge in [-0.2, -0.15) is 0 Å². The summed E-state index contributed by atoms with van der Waals surface area (Å²) in [6.07, 6.45) is 2.31. The summed E-state index contributed by atoms with van der Waals surface area (Å²) in [6.45, 7) is 0.384. The van der Waals surface area contributed by atoms with Gasteiger partial charge in [0.05, 0.1) is 11.6 Å². The number of fused-ring (bicyclic) bond motifs is 1. The number of nitrogens with one attached hydrogen (secondary N) is 1. The van der Waals surface area contributed by atoms with Crippen molar-refractivity contribution in [2.45, 2.75) is 6.42 Å². The van der Waals surface area contributed by atoms with Crippen LogP contribution in [-0.2, 0) is 18.3 Å². The van der Waals surface area contributed by atoms with Gasteiger partial charge < -0.3 is 14.6 Å². The second-order valence-corrected chi connectivity index (χ2v) is 6.12. The van der Waals surface area contributed by atoms with E-state index in [1.165, 1.54) is 0 Å². The molecule has 1 amide bonds. The first-order valence-electron chi connectivity index (χ1n) is 8.17. The highest BCUT2D eigenvalue weighted by molar-refractivity contribution is 5.96. The van der Waals surface area contributed by atoms with Crippen LogP contribution in [0.5, 0.6) is 5.75 Å². The Hall–Kier alpha value is -3.15. The van der Waals surface area contributed by atoms with E-state index in [-0.39, 0.29) is 11.8 Å². The molecule has 0 unspecified atom stereocenters. The van der Waals surface area contributed by atoms with Crippen molar-refractivity contribution in [1.82, 2.24) is 14.8 Å². The third-order valence-electron chi connectivity index (χ3n) is 4.39. The number of ether oxygens (including phenoxy) is 1. The fourth-order valence-corrected chi connectivity index (χ4v) is 3.05. The van der Waals surface area contributed by atoms with Crippen LogP contribution in [0.3, 0.4) is 0 Å². The molecule has 2 heterocycles. The van der Waals surface area contributed by atoms with E-state index in [0.717, 1.165) is 22.6 Å². The molecule has 2 aromatic carbocycles. The Morgan fingerprint density at radius 2 is 2.00 bits per heavy atom. The number of aryl methyl sites for hydroxylation is 1. The molecule has 1 N–H and O–H groups in total. The third-order valence-corrected chi connectivity index (χ3v) is 4.39. The normalized spacial score (nSPS) is 16.0. The monoisotopic (exact) mass is 334 g/mol. The summed E-state index contributed by atoms with van der Waals surface area (Å²) in [6, 6.07) is 15.4. The summed E-state index contributed by atoms with van der Waals surface area (Å²) >= 11 is 0. The molecule has 3 aromatic rings. The molecular formula is C19H18N4O2. The Morgan fingerprint density at radius 1 is 1.20 bits per heavy atom. The number of amides is 1. The minimum Gasteiger partial charge on any atom is -0.492 e. The maximum atomic E-state index is 12.8. The molecule has 25 heavy (non-hydrogen) atoms. The summed E-state index contributed by atoms with van der Waals surface area (Å²) in [5.41, 5.74) is 2.63. The minimum absolute atomic E-state index is 0.0517. The van der Waals surface area contributed by atoms with Crippen molar-refractivity contribution in [3.8, 4) is 17.1 Å². The van der Waals surface area contributed by atoms with E-state index in [1.807, 2.05) is 60.1 Å². The van der Waals surface area contributed by atoms with E-state index in [1.54, 1.807) is 6.33 Å². The van der Waals surface area contributed by atoms with Crippen molar-refractivity contribution in [3.63, 3.8) is 0 Å². The van der Waals surface area contributed by atoms with Gasteiger partial charge in [0.2, 0.25) is 5.91 Å². The Morgan fingerprint density at radius 3 is 2.84 bits per heavy atom. The Kier molecular flexibility index (Phi) is 3.93. The second kappa shape index (κ2) is 6.39. The molecule has 0 spiro atoms. The predicted octanol–water partition coefficient (Wildman–Crippen LogP) is 2.67. The summed E-state index contributed by atoms with van der Waals surface area (Å²) < 4.78 is 7.55. The summed E-state index contributed by atoms with van der Waals surface area (Å²) in [7, 11) is 1.87. The number of aromatic nitrogens is 3. The lowest BCUT2D eigenvalue weighted by atomic mass is 9.96. The first-order chi connectivity index (χ1) is 12.2. The van der Waals surface area contributed by atoms with Crippen LogP contribution in [0.4, 0.5) is 5.69 Å². The molecular weight excluding hydrogens is 316 g/mol. The average Bonchev–Trinajstić information content (AvgIpc) is 3.07. The fraction of sp³-hybridized carbons (Fsp3) is 0.211. The number of carbonyl (C=O) groups is 1. The van der Waals surface area contributed by atoms with Gasteiger partial charge in [-0.25, -0.2) is 0 Å². The van der Waals surface area contributed by atoms with E-state index in [0.29, 0.717) is 18.9 Å². The molecule has 0 aliphatic carbocycles. The van der Waals surface area contributed by atoms with E-state index in [9.17, 15) is 4.79 Å². The van der Waals surface area contributed by atoms with Gasteiger partial charge in [-0.3, -0.25) is 4.79 Å². The van der Waals surface area contributed by atoms with Gasteiger partial charge in [0.25, 0.3) is 0 Å². The molecule has 0 bridgehead atoms. The molecule has 126 valence electrons. The van der Waals surface area contributed by atoms with Gasteiger partial charge >= 0.3 is 0 Å². The summed E-state index contributed by atoms with van der Waals surface area (Å²) in [5, 5.41) is 11.1. The first-order valence-corrected chi connectivity index (χ1v) is 8.17. The van der Waals surface area contributed by atoms with Crippen molar-refractivity contribution in [3.05, 3.63) is 60.4 Å². The highest BCUT2D eigenvalue weighted by atomic mass is 16.5. The number of carbonyl (C=O) groups excluding carboxylic acids is 1. The maximum Gasteiger partial charge on any atom is 0.231 e. The largest absolute Gasteiger partial charge is 0.492 e. The molecule has 6 heteroatoms. The Bertz CT molecular complexity index is 919. The number of hydrogen-bond donors (Lipinski definition) is 1. The zero-order chi connectivity index (χ0) is 17.2. The van der Waals surface area contributed by atoms with Crippen LogP contribution in [0.2, 0.25) is 0 Å². The van der Waals surface area contributed by atoms with Gasteiger partial charge in [0, 0.05) is 12.6 Å². The predicted molar refractivity (Wildman–Crippen MR) is 94.2 cm³/mol. The van der Waals surface area contributed by atoms with Crippen LogP contribution in [-0.4, -0.2) is 27.3 Å². The number of nitrogens with zero attached hydrogens (tertiary/aromatic N) is 3. The average molecular weight is 334 g/mol. The number of anilines is 1. The molecule has 1 atom stereocenters. The molecule has 1 aliphatic heterocycles. The molecule has 4 rings (SSSR count). The van der Waals surface area contributed by atoms with Crippen LogP contribution in [0.25, 0.3) is 11.4 Å². The molecule has 0 saturated carbocycles. The molecule has 0 saturated heterocycles. The molecule has 1 aromatic heterocycles. The summed E-state index contributed by atoms with van der Waals surface area (Å²) in [4.78, 5) is 12.8. The van der Waals surface area contributed by atoms with E-state index < -0.39 is 0 Å². The number of para-hydroxylation sites is 2. The standard InChI is InChI=1S/C19H18N4O2/c1-23-12-20-22-18(23)15-7-3-4-8-16(15)21-19(24)14-10-13-6-2-5-9-17(13)25-11-14/h2-9,12,14H,10-11H2,1H3,(H,21,24)/t14-/m0/s1. The number of rotatable bonds is 3. The van der Waals surface area contributed by atoms with Crippen LogP contribution in [0.15, 0.2) is 54.9 Å². The van der Waals surface area contributed by atoms with Crippen molar-refractivity contribution >= 4 is 11.6 Å². The lowest BCUT2D eigenvalue weighted by Crippen LogP contribution is -2.32. The second-order valence-electron chi connectivity index (χ2n) is 6.12. The highest BCUT2D eigenvalue weighted by Gasteiger charge is 2.26. The first kappa shape index (κ1) is 15.4. The molecule has 1 aliphatic rings. The highest BCUT2D eigenvalue weighted by Crippen LogP contribution is 2.29. The lowest BCUT2D eigenvalue weighted by Gasteiger charge is -2.24. The minimum atomic E-state index is -0.220. The van der Waals surface area contributed by atoms with Crippen LogP contribution >= 0.6 is 0 Å². The zero-order valence-corrected chi connectivity index (χ0v) is 13.8. The number of benzene rings is 2. The van der Waals surface area contributed by atoms with Gasteiger partial charge in [0.15, 0.2) is 5.82 Å². The third kappa shape index (κ3) is 2.98. The van der Waals surface area contributed by atoms with Crippen molar-refractivity contribution < 1.29 is 9.53 Å². The van der Waals surface area contributed by atoms with Crippen LogP contribution in [0, 0.1) is 5.92 Å². The Labute approximate surface area is 145 Å². The van der Waals surface area contributed by atoms with E-state index in [2.05, 4.69) is 15.5 Å².